The van der Waals surface area contributed by atoms with Crippen molar-refractivity contribution in [3.8, 4) is 0 Å². The summed E-state index contributed by atoms with van der Waals surface area (Å²) in [6.45, 7) is 9.61. The molecule has 0 spiro atoms. The van der Waals surface area contributed by atoms with Gasteiger partial charge in [-0.2, -0.15) is 0 Å². The molecule has 5 heteroatoms. The van der Waals surface area contributed by atoms with Crippen molar-refractivity contribution >= 4 is 9.76 Å². The highest BCUT2D eigenvalue weighted by atomic mass is 28.2. The Morgan fingerprint density at radius 1 is 0.938 bits per heavy atom. The third kappa shape index (κ3) is 10.6. The van der Waals surface area contributed by atoms with Crippen LogP contribution in [-0.4, -0.2) is 48.7 Å². The first-order valence-corrected chi connectivity index (χ1v) is 7.63. The van der Waals surface area contributed by atoms with Gasteiger partial charge in [-0.25, -0.2) is 0 Å². The molecule has 4 nitrogen and oxygen atoms in total. The largest absolute Gasteiger partial charge is 0.416 e. The average molecular weight is 250 g/mol. The average Bonchev–Trinajstić information content (AvgIpc) is 2.28. The van der Waals surface area contributed by atoms with E-state index in [2.05, 4.69) is 6.92 Å². The van der Waals surface area contributed by atoms with Gasteiger partial charge in [-0.1, -0.05) is 13.3 Å². The molecule has 0 saturated heterocycles. The van der Waals surface area contributed by atoms with E-state index in [0.29, 0.717) is 26.4 Å². The number of rotatable bonds is 12. The zero-order chi connectivity index (χ0) is 12.1. The van der Waals surface area contributed by atoms with Crippen molar-refractivity contribution in [1.29, 1.82) is 0 Å². The molecule has 0 aromatic heterocycles. The smallest absolute Gasteiger partial charge is 0.223 e. The molecule has 0 saturated carbocycles. The van der Waals surface area contributed by atoms with Gasteiger partial charge in [-0.3, -0.25) is 0 Å². The molecule has 0 radical (unpaired) electrons. The Morgan fingerprint density at radius 2 is 1.62 bits per heavy atom. The van der Waals surface area contributed by atoms with Crippen LogP contribution >= 0.6 is 0 Å². The predicted molar refractivity (Wildman–Crippen MR) is 67.3 cm³/mol. The van der Waals surface area contributed by atoms with Crippen molar-refractivity contribution in [2.75, 3.05) is 33.0 Å². The first-order valence-electron chi connectivity index (χ1n) is 6.23. The Hall–Kier alpha value is 0.0569. The van der Waals surface area contributed by atoms with E-state index < -0.39 is 9.76 Å². The first kappa shape index (κ1) is 16.1. The summed E-state index contributed by atoms with van der Waals surface area (Å²) in [4.78, 5) is 0. The summed E-state index contributed by atoms with van der Waals surface area (Å²) in [5, 5.41) is 0. The van der Waals surface area contributed by atoms with Crippen LogP contribution in [0, 0.1) is 0 Å². The van der Waals surface area contributed by atoms with Crippen LogP contribution in [0.2, 0.25) is 0 Å². The summed E-state index contributed by atoms with van der Waals surface area (Å²) < 4.78 is 21.7. The van der Waals surface area contributed by atoms with E-state index in [-0.39, 0.29) is 5.91 Å². The van der Waals surface area contributed by atoms with E-state index in [1.807, 2.05) is 13.8 Å². The molecule has 98 valence electrons. The lowest BCUT2D eigenvalue weighted by Gasteiger charge is -2.16. The molecule has 16 heavy (non-hydrogen) atoms. The minimum absolute atomic E-state index is 0.106. The van der Waals surface area contributed by atoms with E-state index in [4.69, 9.17) is 18.6 Å². The standard InChI is InChI=1S/C11H26O4Si/c1-4-7-8-12-9-10-15-16-11(13-5-2)14-6-3/h11H,4-10,16H2,1-3H3. The van der Waals surface area contributed by atoms with Gasteiger partial charge in [0.2, 0.25) is 9.76 Å². The van der Waals surface area contributed by atoms with Gasteiger partial charge in [0, 0.05) is 19.8 Å². The fraction of sp³-hybridized carbons (Fsp3) is 1.00. The highest BCUT2D eigenvalue weighted by molar-refractivity contribution is 6.28. The second kappa shape index (κ2) is 13.1. The Morgan fingerprint density at radius 3 is 2.19 bits per heavy atom. The molecular weight excluding hydrogens is 224 g/mol. The van der Waals surface area contributed by atoms with Gasteiger partial charge in [-0.15, -0.1) is 0 Å². The van der Waals surface area contributed by atoms with Crippen molar-refractivity contribution in [2.45, 2.75) is 39.5 Å². The minimum Gasteiger partial charge on any atom is -0.416 e. The maximum atomic E-state index is 5.54. The van der Waals surface area contributed by atoms with Crippen LogP contribution in [0.4, 0.5) is 0 Å². The molecule has 0 atom stereocenters. The molecule has 0 bridgehead atoms. The van der Waals surface area contributed by atoms with Crippen molar-refractivity contribution in [3.63, 3.8) is 0 Å². The molecular formula is C11H26O4Si. The SMILES string of the molecule is CCCCOCCO[SiH2]C(OCC)OCC. The van der Waals surface area contributed by atoms with Crippen LogP contribution in [0.3, 0.4) is 0 Å². The molecule has 0 aliphatic heterocycles. The quantitative estimate of drug-likeness (QED) is 0.297. The zero-order valence-electron chi connectivity index (χ0n) is 10.9. The topological polar surface area (TPSA) is 36.9 Å². The van der Waals surface area contributed by atoms with Gasteiger partial charge in [0.1, 0.15) is 0 Å². The highest BCUT2D eigenvalue weighted by Gasteiger charge is 2.08. The fourth-order valence-corrected chi connectivity index (χ4v) is 2.30. The molecule has 0 fully saturated rings. The number of ether oxygens (including phenoxy) is 3. The third-order valence-electron chi connectivity index (χ3n) is 1.97. The maximum Gasteiger partial charge on any atom is 0.223 e. The van der Waals surface area contributed by atoms with E-state index in [9.17, 15) is 0 Å². The molecule has 0 aromatic rings. The molecule has 0 aromatic carbocycles. The zero-order valence-corrected chi connectivity index (χ0v) is 12.3. The normalized spacial score (nSPS) is 12.0. The van der Waals surface area contributed by atoms with Gasteiger partial charge >= 0.3 is 0 Å². The second-order valence-corrected chi connectivity index (χ2v) is 4.79. The van der Waals surface area contributed by atoms with Crippen LogP contribution in [0.5, 0.6) is 0 Å². The summed E-state index contributed by atoms with van der Waals surface area (Å²) in [5.74, 6) is -0.106. The van der Waals surface area contributed by atoms with Crippen LogP contribution in [-0.2, 0) is 18.6 Å². The predicted octanol–water partition coefficient (Wildman–Crippen LogP) is 1.26. The van der Waals surface area contributed by atoms with Crippen molar-refractivity contribution in [1.82, 2.24) is 0 Å². The second-order valence-electron chi connectivity index (χ2n) is 3.38. The van der Waals surface area contributed by atoms with E-state index in [1.165, 1.54) is 6.42 Å². The minimum atomic E-state index is -0.761. The van der Waals surface area contributed by atoms with E-state index in [1.54, 1.807) is 0 Å². The lowest BCUT2D eigenvalue weighted by molar-refractivity contribution is -0.0905. The molecule has 0 aliphatic carbocycles. The molecule has 0 unspecified atom stereocenters. The number of unbranched alkanes of at least 4 members (excludes halogenated alkanes) is 1. The number of hydrogen-bond donors (Lipinski definition) is 0. The highest BCUT2D eigenvalue weighted by Crippen LogP contribution is 1.94. The van der Waals surface area contributed by atoms with E-state index >= 15 is 0 Å². The fourth-order valence-electron chi connectivity index (χ4n) is 1.16. The lowest BCUT2D eigenvalue weighted by Crippen LogP contribution is -2.27. The third-order valence-corrected chi connectivity index (χ3v) is 3.24. The van der Waals surface area contributed by atoms with Crippen molar-refractivity contribution < 1.29 is 18.6 Å². The Balaban J connectivity index is 3.25. The van der Waals surface area contributed by atoms with Gasteiger partial charge in [-0.05, 0) is 20.3 Å². The van der Waals surface area contributed by atoms with Crippen molar-refractivity contribution in [3.05, 3.63) is 0 Å². The molecule has 0 amide bonds. The van der Waals surface area contributed by atoms with Gasteiger partial charge < -0.3 is 18.6 Å². The summed E-state index contributed by atoms with van der Waals surface area (Å²) in [6, 6.07) is 0. The van der Waals surface area contributed by atoms with Crippen LogP contribution < -0.4 is 0 Å². The molecule has 0 rings (SSSR count). The van der Waals surface area contributed by atoms with Crippen LogP contribution in [0.1, 0.15) is 33.6 Å². The monoisotopic (exact) mass is 250 g/mol. The molecule has 0 N–H and O–H groups in total. The number of hydrogen-bond acceptors (Lipinski definition) is 4. The van der Waals surface area contributed by atoms with Gasteiger partial charge in [0.25, 0.3) is 0 Å². The maximum absolute atomic E-state index is 5.54. The lowest BCUT2D eigenvalue weighted by atomic mass is 10.4. The summed E-state index contributed by atoms with van der Waals surface area (Å²) in [7, 11) is -0.761. The van der Waals surface area contributed by atoms with Crippen LogP contribution in [0.25, 0.3) is 0 Å². The van der Waals surface area contributed by atoms with Crippen molar-refractivity contribution in [2.24, 2.45) is 0 Å². The van der Waals surface area contributed by atoms with Crippen LogP contribution in [0.15, 0.2) is 0 Å². The van der Waals surface area contributed by atoms with Gasteiger partial charge in [0.15, 0.2) is 5.91 Å². The Bertz CT molecular complexity index is 129. The van der Waals surface area contributed by atoms with E-state index in [0.717, 1.165) is 13.0 Å². The Kier molecular flexibility index (Phi) is 13.2. The summed E-state index contributed by atoms with van der Waals surface area (Å²) in [6.07, 6.45) is 2.30. The first-order chi connectivity index (χ1) is 7.85. The summed E-state index contributed by atoms with van der Waals surface area (Å²) in [5.41, 5.74) is 0. The van der Waals surface area contributed by atoms with Gasteiger partial charge in [0.05, 0.1) is 13.2 Å². The Labute approximate surface area is 102 Å². The molecule has 0 heterocycles. The molecule has 0 aliphatic rings. The summed E-state index contributed by atoms with van der Waals surface area (Å²) >= 11 is 0.